The lowest BCUT2D eigenvalue weighted by Gasteiger charge is -1.97. The molecule has 1 heterocycles. The average Bonchev–Trinajstić information content (AvgIpc) is 2.31. The van der Waals surface area contributed by atoms with E-state index in [-0.39, 0.29) is 12.3 Å². The Balaban J connectivity index is 3.21. The molecule has 0 saturated heterocycles. The molecule has 0 radical (unpaired) electrons. The van der Waals surface area contributed by atoms with E-state index < -0.39 is 0 Å². The second-order valence-corrected chi connectivity index (χ2v) is 3.94. The molecule has 3 nitrogen and oxygen atoms in total. The zero-order chi connectivity index (χ0) is 10.0. The molecule has 0 aliphatic carbocycles. The molecule has 13 heavy (non-hydrogen) atoms. The summed E-state index contributed by atoms with van der Waals surface area (Å²) in [5, 5.41) is 0. The fourth-order valence-electron chi connectivity index (χ4n) is 0.911. The Morgan fingerprint density at radius 3 is 2.77 bits per heavy atom. The lowest BCUT2D eigenvalue weighted by Crippen LogP contribution is -1.95. The second-order valence-electron chi connectivity index (χ2n) is 2.56. The molecule has 6 heteroatoms. The van der Waals surface area contributed by atoms with E-state index >= 15 is 0 Å². The van der Waals surface area contributed by atoms with Crippen LogP contribution in [0.4, 0.5) is 9.70 Å². The summed E-state index contributed by atoms with van der Waals surface area (Å²) in [6.07, 6.45) is 3.24. The van der Waals surface area contributed by atoms with Crippen molar-refractivity contribution in [3.05, 3.63) is 21.9 Å². The number of allylic oxidation sites excluding steroid dienone is 1. The van der Waals surface area contributed by atoms with Crippen molar-refractivity contribution >= 4 is 40.2 Å². The van der Waals surface area contributed by atoms with Crippen LogP contribution < -0.4 is 11.5 Å². The van der Waals surface area contributed by atoms with Crippen LogP contribution in [0.15, 0.2) is 16.4 Å². The minimum absolute atomic E-state index is 0.0491. The van der Waals surface area contributed by atoms with Crippen molar-refractivity contribution in [3.63, 3.8) is 0 Å². The van der Waals surface area contributed by atoms with E-state index in [2.05, 4.69) is 15.9 Å². The summed E-state index contributed by atoms with van der Waals surface area (Å²) in [6.45, 7) is 1.74. The van der Waals surface area contributed by atoms with E-state index in [0.717, 1.165) is 4.47 Å². The first-order valence-electron chi connectivity index (χ1n) is 3.45. The van der Waals surface area contributed by atoms with Gasteiger partial charge in [0, 0.05) is 21.9 Å². The molecule has 0 aliphatic heterocycles. The summed E-state index contributed by atoms with van der Waals surface area (Å²) in [4.78, 5) is 0. The van der Waals surface area contributed by atoms with Crippen LogP contribution in [-0.4, -0.2) is 3.97 Å². The minimum atomic E-state index is 0.0491. The summed E-state index contributed by atoms with van der Waals surface area (Å²) >= 11 is 3.31. The Hall–Kier alpha value is -0.620. The highest BCUT2D eigenvalue weighted by molar-refractivity contribution is 9.10. The van der Waals surface area contributed by atoms with E-state index in [9.17, 15) is 3.89 Å². The van der Waals surface area contributed by atoms with Crippen LogP contribution in [0, 0.1) is 0 Å². The highest BCUT2D eigenvalue weighted by Crippen LogP contribution is 2.30. The molecule has 0 aromatic carbocycles. The third-order valence-electron chi connectivity index (χ3n) is 1.45. The molecule has 1 aromatic rings. The van der Waals surface area contributed by atoms with Gasteiger partial charge in [-0.2, -0.15) is 0 Å². The van der Waals surface area contributed by atoms with Gasteiger partial charge < -0.3 is 11.5 Å². The second kappa shape index (κ2) is 4.06. The fourth-order valence-corrected chi connectivity index (χ4v) is 1.89. The van der Waals surface area contributed by atoms with Gasteiger partial charge in [-0.15, -0.1) is 3.89 Å². The fraction of sp³-hybridized carbons (Fsp3) is 0.143. The SMILES string of the molecule is C/C(N)=C/c1c(Br)cn(SF)c1N. The van der Waals surface area contributed by atoms with E-state index in [0.29, 0.717) is 17.1 Å². The smallest absolute Gasteiger partial charge is 0.171 e. The molecular weight excluding hydrogens is 257 g/mol. The van der Waals surface area contributed by atoms with Crippen LogP contribution in [0.5, 0.6) is 0 Å². The van der Waals surface area contributed by atoms with Crippen LogP contribution in [0.2, 0.25) is 0 Å². The van der Waals surface area contributed by atoms with Gasteiger partial charge in [0.2, 0.25) is 0 Å². The van der Waals surface area contributed by atoms with Crippen molar-refractivity contribution in [3.8, 4) is 0 Å². The van der Waals surface area contributed by atoms with Gasteiger partial charge in [-0.3, -0.25) is 0 Å². The zero-order valence-electron chi connectivity index (χ0n) is 6.92. The number of hydrogen-bond donors (Lipinski definition) is 2. The van der Waals surface area contributed by atoms with Gasteiger partial charge in [0.25, 0.3) is 0 Å². The van der Waals surface area contributed by atoms with Gasteiger partial charge in [0.15, 0.2) is 12.3 Å². The van der Waals surface area contributed by atoms with E-state index in [4.69, 9.17) is 11.5 Å². The van der Waals surface area contributed by atoms with Crippen molar-refractivity contribution in [1.29, 1.82) is 0 Å². The Labute approximate surface area is 88.5 Å². The predicted molar refractivity (Wildman–Crippen MR) is 58.5 cm³/mol. The highest BCUT2D eigenvalue weighted by atomic mass is 79.9. The number of aromatic nitrogens is 1. The van der Waals surface area contributed by atoms with Crippen molar-refractivity contribution in [2.24, 2.45) is 5.73 Å². The van der Waals surface area contributed by atoms with Gasteiger partial charge >= 0.3 is 0 Å². The summed E-state index contributed by atoms with van der Waals surface area (Å²) < 4.78 is 14.2. The third-order valence-corrected chi connectivity index (χ3v) is 2.53. The van der Waals surface area contributed by atoms with Crippen molar-refractivity contribution in [2.45, 2.75) is 6.92 Å². The normalized spacial score (nSPS) is 12.1. The molecule has 0 unspecified atom stereocenters. The molecule has 1 aromatic heterocycles. The lowest BCUT2D eigenvalue weighted by atomic mass is 10.2. The maximum Gasteiger partial charge on any atom is 0.171 e. The van der Waals surface area contributed by atoms with Crippen molar-refractivity contribution in [2.75, 3.05) is 5.73 Å². The van der Waals surface area contributed by atoms with Crippen LogP contribution in [-0.2, 0) is 0 Å². The average molecular weight is 266 g/mol. The molecule has 0 spiro atoms. The highest BCUT2D eigenvalue weighted by Gasteiger charge is 2.09. The summed E-state index contributed by atoms with van der Waals surface area (Å²) in [7, 11) is 0. The van der Waals surface area contributed by atoms with Crippen LogP contribution in [0.25, 0.3) is 6.08 Å². The molecule has 0 fully saturated rings. The Morgan fingerprint density at radius 1 is 1.77 bits per heavy atom. The molecule has 0 saturated carbocycles. The van der Waals surface area contributed by atoms with E-state index in [1.54, 1.807) is 19.2 Å². The van der Waals surface area contributed by atoms with Crippen LogP contribution in [0.3, 0.4) is 0 Å². The quantitative estimate of drug-likeness (QED) is 0.864. The Morgan fingerprint density at radius 2 is 2.38 bits per heavy atom. The lowest BCUT2D eigenvalue weighted by molar-refractivity contribution is 0.918. The van der Waals surface area contributed by atoms with Gasteiger partial charge in [-0.1, -0.05) is 0 Å². The number of nitrogens with two attached hydrogens (primary N) is 2. The molecular formula is C7H9BrFN3S. The van der Waals surface area contributed by atoms with E-state index in [1.807, 2.05) is 0 Å². The number of hydrogen-bond acceptors (Lipinski definition) is 3. The number of nitrogens with zero attached hydrogens (tertiary/aromatic N) is 1. The predicted octanol–water partition coefficient (Wildman–Crippen LogP) is 2.53. The maximum absolute atomic E-state index is 12.2. The first kappa shape index (κ1) is 10.5. The van der Waals surface area contributed by atoms with E-state index in [1.165, 1.54) is 3.97 Å². The van der Waals surface area contributed by atoms with Crippen LogP contribution in [0.1, 0.15) is 12.5 Å². The molecule has 4 N–H and O–H groups in total. The van der Waals surface area contributed by atoms with Gasteiger partial charge in [-0.05, 0) is 28.9 Å². The first-order chi connectivity index (χ1) is 6.06. The summed E-state index contributed by atoms with van der Waals surface area (Å²) in [5.74, 6) is 0.337. The molecule has 0 amide bonds. The molecule has 0 atom stereocenters. The number of rotatable bonds is 2. The third kappa shape index (κ3) is 2.19. The Kier molecular flexibility index (Phi) is 3.27. The van der Waals surface area contributed by atoms with Crippen LogP contribution >= 0.6 is 28.3 Å². The molecule has 0 bridgehead atoms. The number of nitrogen functional groups attached to an aromatic ring is 1. The number of halogens is 2. The standard InChI is InChI=1S/C7H9BrFN3S/c1-4(10)2-5-6(8)3-12(13-9)7(5)11/h2-3H,10-11H2,1H3/b4-2-. The summed E-state index contributed by atoms with van der Waals surface area (Å²) in [5.41, 5.74) is 12.4. The first-order valence-corrected chi connectivity index (χ1v) is 4.92. The van der Waals surface area contributed by atoms with Gasteiger partial charge in [0.05, 0.1) is 0 Å². The van der Waals surface area contributed by atoms with Crippen molar-refractivity contribution in [1.82, 2.24) is 3.97 Å². The minimum Gasteiger partial charge on any atom is -0.402 e. The largest absolute Gasteiger partial charge is 0.402 e. The van der Waals surface area contributed by atoms with Gasteiger partial charge in [0.1, 0.15) is 5.82 Å². The zero-order valence-corrected chi connectivity index (χ0v) is 9.32. The van der Waals surface area contributed by atoms with Gasteiger partial charge in [-0.25, -0.2) is 3.97 Å². The molecule has 0 aliphatic rings. The summed E-state index contributed by atoms with van der Waals surface area (Å²) in [6, 6.07) is 0. The number of anilines is 1. The Bertz CT molecular complexity index is 344. The maximum atomic E-state index is 12.2. The molecule has 1 rings (SSSR count). The molecule has 72 valence electrons. The van der Waals surface area contributed by atoms with Crippen molar-refractivity contribution < 1.29 is 3.89 Å². The monoisotopic (exact) mass is 265 g/mol. The topological polar surface area (TPSA) is 57.0 Å².